The van der Waals surface area contributed by atoms with Crippen molar-refractivity contribution < 1.29 is 41.0 Å². The van der Waals surface area contributed by atoms with Crippen LogP contribution < -0.4 is 10.1 Å². The molecule has 35 heavy (non-hydrogen) atoms. The Hall–Kier alpha value is -3.76. The Bertz CT molecular complexity index is 1210. The fourth-order valence-corrected chi connectivity index (χ4v) is 3.78. The molecule has 1 fully saturated rings. The molecule has 1 aromatic heterocycles. The lowest BCUT2D eigenvalue weighted by Crippen LogP contribution is -2.17. The van der Waals surface area contributed by atoms with Crippen LogP contribution in [0, 0.1) is 5.92 Å². The van der Waals surface area contributed by atoms with Crippen LogP contribution in [0.5, 0.6) is 5.75 Å². The van der Waals surface area contributed by atoms with E-state index in [1.54, 1.807) is 18.3 Å². The zero-order chi connectivity index (χ0) is 25.4. The van der Waals surface area contributed by atoms with Gasteiger partial charge in [0.25, 0.3) is 0 Å². The first-order valence-corrected chi connectivity index (χ1v) is 10.4. The number of hydrogen-bond acceptors (Lipinski definition) is 4. The number of pyridine rings is 1. The molecular formula is C24H18F6N2O3. The van der Waals surface area contributed by atoms with Gasteiger partial charge in [0.05, 0.1) is 11.5 Å². The molecule has 4 rings (SSSR count). The lowest BCUT2D eigenvalue weighted by atomic mass is 9.96. The summed E-state index contributed by atoms with van der Waals surface area (Å²) in [4.78, 5) is 15.2. The zero-order valence-corrected chi connectivity index (χ0v) is 17.8. The van der Waals surface area contributed by atoms with E-state index >= 15 is 0 Å². The van der Waals surface area contributed by atoms with Crippen molar-refractivity contribution in [1.82, 2.24) is 4.98 Å². The zero-order valence-electron chi connectivity index (χ0n) is 17.8. The van der Waals surface area contributed by atoms with E-state index in [4.69, 9.17) is 5.11 Å². The molecule has 1 heterocycles. The van der Waals surface area contributed by atoms with E-state index in [1.165, 1.54) is 12.1 Å². The van der Waals surface area contributed by atoms with Crippen LogP contribution in [0.4, 0.5) is 32.2 Å². The maximum atomic E-state index is 13.6. The number of alkyl halides is 6. The van der Waals surface area contributed by atoms with Gasteiger partial charge in [-0.2, -0.15) is 13.2 Å². The molecule has 2 atom stereocenters. The number of benzene rings is 2. The van der Waals surface area contributed by atoms with Gasteiger partial charge in [0.1, 0.15) is 11.6 Å². The summed E-state index contributed by atoms with van der Waals surface area (Å²) in [5.74, 6) is -1.41. The monoisotopic (exact) mass is 496 g/mol. The number of anilines is 1. The molecule has 0 aliphatic heterocycles. The van der Waals surface area contributed by atoms with Crippen molar-refractivity contribution in [2.45, 2.75) is 31.4 Å². The summed E-state index contributed by atoms with van der Waals surface area (Å²) in [6.07, 6.45) is -7.45. The van der Waals surface area contributed by atoms with Crippen molar-refractivity contribution in [3.8, 4) is 16.9 Å². The number of ether oxygens (including phenoxy) is 1. The van der Waals surface area contributed by atoms with E-state index in [9.17, 15) is 31.1 Å². The van der Waals surface area contributed by atoms with Crippen LogP contribution in [0.15, 0.2) is 60.8 Å². The molecule has 0 amide bonds. The minimum absolute atomic E-state index is 0.0700. The third-order valence-corrected chi connectivity index (χ3v) is 5.58. The molecule has 11 heteroatoms. The average molecular weight is 496 g/mol. The largest absolute Gasteiger partial charge is 0.573 e. The van der Waals surface area contributed by atoms with Crippen LogP contribution in [0.1, 0.15) is 29.0 Å². The minimum Gasteiger partial charge on any atom is -0.481 e. The molecule has 0 saturated heterocycles. The predicted molar refractivity (Wildman–Crippen MR) is 114 cm³/mol. The van der Waals surface area contributed by atoms with Gasteiger partial charge >= 0.3 is 18.5 Å². The molecule has 184 valence electrons. The molecule has 1 aliphatic carbocycles. The van der Waals surface area contributed by atoms with E-state index < -0.39 is 35.7 Å². The summed E-state index contributed by atoms with van der Waals surface area (Å²) in [5.41, 5.74) is 0.256. The summed E-state index contributed by atoms with van der Waals surface area (Å²) >= 11 is 0. The van der Waals surface area contributed by atoms with Crippen LogP contribution in [0.3, 0.4) is 0 Å². The summed E-state index contributed by atoms with van der Waals surface area (Å²) in [5, 5.41) is 12.0. The Kier molecular flexibility index (Phi) is 6.35. The van der Waals surface area contributed by atoms with Gasteiger partial charge in [-0.05, 0) is 64.9 Å². The SMILES string of the molecule is O=C(O)[C@H]1C[C@@H]1c1ccc(NCc2ccc(C(F)(F)F)c(-c3ccc(OC(F)(F)F)cc3)c2)nc1. The highest BCUT2D eigenvalue weighted by atomic mass is 19.4. The summed E-state index contributed by atoms with van der Waals surface area (Å²) < 4.78 is 81.6. The molecule has 0 radical (unpaired) electrons. The summed E-state index contributed by atoms with van der Waals surface area (Å²) in [7, 11) is 0. The Labute approximate surface area is 195 Å². The van der Waals surface area contributed by atoms with Crippen molar-refractivity contribution in [3.05, 3.63) is 77.5 Å². The molecule has 3 aromatic rings. The maximum Gasteiger partial charge on any atom is 0.573 e. The van der Waals surface area contributed by atoms with E-state index in [1.807, 2.05) is 0 Å². The first-order chi connectivity index (χ1) is 16.4. The molecule has 0 unspecified atom stereocenters. The Balaban J connectivity index is 1.50. The Morgan fingerprint density at radius 1 is 1.03 bits per heavy atom. The van der Waals surface area contributed by atoms with Gasteiger partial charge in [0, 0.05) is 12.7 Å². The quantitative estimate of drug-likeness (QED) is 0.367. The van der Waals surface area contributed by atoms with Crippen molar-refractivity contribution in [3.63, 3.8) is 0 Å². The molecule has 2 N–H and O–H groups in total. The topological polar surface area (TPSA) is 71.5 Å². The van der Waals surface area contributed by atoms with Crippen LogP contribution in [-0.2, 0) is 17.5 Å². The van der Waals surface area contributed by atoms with Gasteiger partial charge < -0.3 is 15.2 Å². The Morgan fingerprint density at radius 3 is 2.29 bits per heavy atom. The molecule has 0 spiro atoms. The number of aromatic nitrogens is 1. The second-order valence-electron chi connectivity index (χ2n) is 8.07. The number of nitrogens with zero attached hydrogens (tertiary/aromatic N) is 1. The van der Waals surface area contributed by atoms with Crippen molar-refractivity contribution in [2.75, 3.05) is 5.32 Å². The van der Waals surface area contributed by atoms with E-state index in [-0.39, 0.29) is 23.6 Å². The molecule has 0 bridgehead atoms. The summed E-state index contributed by atoms with van der Waals surface area (Å²) in [6.45, 7) is 0.133. The van der Waals surface area contributed by atoms with Gasteiger partial charge in [0.15, 0.2) is 0 Å². The minimum atomic E-state index is -4.91. The smallest absolute Gasteiger partial charge is 0.481 e. The van der Waals surface area contributed by atoms with Gasteiger partial charge in [0.2, 0.25) is 0 Å². The summed E-state index contributed by atoms with van der Waals surface area (Å²) in [6, 6.07) is 11.1. The number of halogens is 6. The third kappa shape index (κ3) is 6.03. The van der Waals surface area contributed by atoms with Gasteiger partial charge in [-0.15, -0.1) is 13.2 Å². The van der Waals surface area contributed by atoms with Gasteiger partial charge in [-0.25, -0.2) is 4.98 Å². The highest BCUT2D eigenvalue weighted by Crippen LogP contribution is 2.47. The van der Waals surface area contributed by atoms with E-state index in [0.717, 1.165) is 35.9 Å². The normalized spacial score (nSPS) is 17.7. The van der Waals surface area contributed by atoms with Crippen molar-refractivity contribution >= 4 is 11.8 Å². The fourth-order valence-electron chi connectivity index (χ4n) is 3.78. The second kappa shape index (κ2) is 9.12. The van der Waals surface area contributed by atoms with Gasteiger partial charge in [-0.1, -0.05) is 24.3 Å². The molecule has 2 aromatic carbocycles. The molecule has 5 nitrogen and oxygen atoms in total. The average Bonchev–Trinajstić information content (AvgIpc) is 3.58. The number of nitrogens with one attached hydrogen (secondary N) is 1. The number of rotatable bonds is 7. The number of aliphatic carboxylic acids is 1. The van der Waals surface area contributed by atoms with Crippen molar-refractivity contribution in [2.24, 2.45) is 5.92 Å². The van der Waals surface area contributed by atoms with Crippen LogP contribution in [-0.4, -0.2) is 22.4 Å². The number of carbonyl (C=O) groups is 1. The maximum absolute atomic E-state index is 13.6. The highest BCUT2D eigenvalue weighted by Gasteiger charge is 2.44. The molecule has 1 aliphatic rings. The first-order valence-electron chi connectivity index (χ1n) is 10.4. The lowest BCUT2D eigenvalue weighted by molar-refractivity contribution is -0.274. The fraction of sp³-hybridized carbons (Fsp3) is 0.250. The number of carboxylic acid groups (broad SMARTS) is 1. The van der Waals surface area contributed by atoms with Crippen LogP contribution >= 0.6 is 0 Å². The number of carboxylic acids is 1. The van der Waals surface area contributed by atoms with Crippen molar-refractivity contribution in [1.29, 1.82) is 0 Å². The predicted octanol–water partition coefficient (Wildman–Crippen LogP) is 6.47. The Morgan fingerprint density at radius 2 is 1.74 bits per heavy atom. The molecule has 1 saturated carbocycles. The van der Waals surface area contributed by atoms with Gasteiger partial charge in [-0.3, -0.25) is 4.79 Å². The van der Waals surface area contributed by atoms with Crippen LogP contribution in [0.2, 0.25) is 0 Å². The third-order valence-electron chi connectivity index (χ3n) is 5.58. The van der Waals surface area contributed by atoms with E-state index in [2.05, 4.69) is 15.0 Å². The van der Waals surface area contributed by atoms with Crippen LogP contribution in [0.25, 0.3) is 11.1 Å². The first kappa shape index (κ1) is 24.4. The lowest BCUT2D eigenvalue weighted by Gasteiger charge is -2.16. The standard InChI is InChI=1S/C24H18F6N2O3/c25-23(26,27)20-7-1-13(9-18(20)14-2-5-16(6-3-14)35-24(28,29)30)11-31-21-8-4-15(12-32-21)17-10-19(17)22(33)34/h1-9,12,17,19H,10-11H2,(H,31,32)(H,33,34)/t17-,19+/m1/s1. The second-order valence-corrected chi connectivity index (χ2v) is 8.07. The highest BCUT2D eigenvalue weighted by molar-refractivity contribution is 5.75. The van der Waals surface area contributed by atoms with E-state index in [0.29, 0.717) is 17.8 Å². The molecular weight excluding hydrogens is 478 g/mol. The number of hydrogen-bond donors (Lipinski definition) is 2.